The van der Waals surface area contributed by atoms with E-state index in [0.29, 0.717) is 6.54 Å². The van der Waals surface area contributed by atoms with Gasteiger partial charge in [0.1, 0.15) is 5.56 Å². The number of aromatic nitrogens is 1. The Morgan fingerprint density at radius 2 is 1.72 bits per heavy atom. The summed E-state index contributed by atoms with van der Waals surface area (Å²) in [6, 6.07) is 4.68. The lowest BCUT2D eigenvalue weighted by Crippen LogP contribution is -2.29. The molecule has 0 amide bonds. The van der Waals surface area contributed by atoms with E-state index in [1.165, 1.54) is 29.1 Å². The Labute approximate surface area is 143 Å². The van der Waals surface area contributed by atoms with Crippen molar-refractivity contribution in [1.29, 1.82) is 0 Å². The fraction of sp³-hybridized carbons (Fsp3) is 0.333. The van der Waals surface area contributed by atoms with E-state index >= 15 is 0 Å². The van der Waals surface area contributed by atoms with Crippen molar-refractivity contribution in [3.63, 3.8) is 0 Å². The van der Waals surface area contributed by atoms with Crippen molar-refractivity contribution in [2.75, 3.05) is 0 Å². The van der Waals surface area contributed by atoms with Gasteiger partial charge in [0.2, 0.25) is 5.43 Å². The van der Waals surface area contributed by atoms with E-state index in [2.05, 4.69) is 0 Å². The molecule has 0 spiro atoms. The number of carbonyl (C=O) groups is 1. The second-order valence-corrected chi connectivity index (χ2v) is 6.55. The molecule has 132 valence electrons. The SMILES string of the molecule is O=C(O)c1cn(CC2(c3ccc(O)c(O)c3)CCCC2)cc(O)c1=O. The fourth-order valence-electron chi connectivity index (χ4n) is 3.65. The van der Waals surface area contributed by atoms with Crippen LogP contribution in [0.3, 0.4) is 0 Å². The number of nitrogens with zero attached hydrogens (tertiary/aromatic N) is 1. The van der Waals surface area contributed by atoms with Gasteiger partial charge in [-0.1, -0.05) is 18.9 Å². The maximum atomic E-state index is 11.7. The van der Waals surface area contributed by atoms with Crippen LogP contribution in [-0.4, -0.2) is 31.0 Å². The molecule has 0 unspecified atom stereocenters. The molecule has 1 heterocycles. The maximum Gasteiger partial charge on any atom is 0.341 e. The number of hydrogen-bond acceptors (Lipinski definition) is 5. The van der Waals surface area contributed by atoms with E-state index in [-0.39, 0.29) is 16.9 Å². The molecule has 1 aliphatic carbocycles. The summed E-state index contributed by atoms with van der Waals surface area (Å²) in [6.45, 7) is 0.353. The molecule has 1 aliphatic rings. The number of pyridine rings is 1. The monoisotopic (exact) mass is 345 g/mol. The van der Waals surface area contributed by atoms with Gasteiger partial charge < -0.3 is 25.0 Å². The second kappa shape index (κ2) is 6.16. The third-order valence-electron chi connectivity index (χ3n) is 4.92. The highest BCUT2D eigenvalue weighted by molar-refractivity contribution is 5.87. The van der Waals surface area contributed by atoms with Crippen molar-refractivity contribution < 1.29 is 25.2 Å². The van der Waals surface area contributed by atoms with Gasteiger partial charge >= 0.3 is 5.97 Å². The van der Waals surface area contributed by atoms with Gasteiger partial charge in [-0.3, -0.25) is 4.79 Å². The largest absolute Gasteiger partial charge is 0.504 e. The Bertz CT molecular complexity index is 880. The average molecular weight is 345 g/mol. The Morgan fingerprint density at radius 3 is 2.32 bits per heavy atom. The molecule has 0 bridgehead atoms. The van der Waals surface area contributed by atoms with Gasteiger partial charge in [0.05, 0.1) is 0 Å². The van der Waals surface area contributed by atoms with Crippen molar-refractivity contribution in [1.82, 2.24) is 4.57 Å². The molecule has 1 saturated carbocycles. The first-order valence-electron chi connectivity index (χ1n) is 8.01. The summed E-state index contributed by atoms with van der Waals surface area (Å²) >= 11 is 0. The van der Waals surface area contributed by atoms with Gasteiger partial charge in [-0.15, -0.1) is 0 Å². The van der Waals surface area contributed by atoms with Gasteiger partial charge in [-0.2, -0.15) is 0 Å². The van der Waals surface area contributed by atoms with Crippen molar-refractivity contribution in [3.8, 4) is 17.2 Å². The number of benzene rings is 1. The van der Waals surface area contributed by atoms with E-state index in [1.807, 2.05) is 0 Å². The molecule has 1 aromatic heterocycles. The van der Waals surface area contributed by atoms with E-state index in [0.717, 1.165) is 31.2 Å². The minimum absolute atomic E-state index is 0.203. The van der Waals surface area contributed by atoms with Crippen molar-refractivity contribution in [2.45, 2.75) is 37.6 Å². The molecule has 0 saturated heterocycles. The average Bonchev–Trinajstić information content (AvgIpc) is 3.02. The molecule has 4 N–H and O–H groups in total. The highest BCUT2D eigenvalue weighted by Gasteiger charge is 2.36. The zero-order valence-corrected chi connectivity index (χ0v) is 13.5. The molecule has 2 aromatic rings. The molecule has 1 aromatic carbocycles. The van der Waals surface area contributed by atoms with Crippen LogP contribution < -0.4 is 5.43 Å². The lowest BCUT2D eigenvalue weighted by atomic mass is 9.78. The van der Waals surface area contributed by atoms with Crippen LogP contribution in [0.5, 0.6) is 17.2 Å². The Hall–Kier alpha value is -2.96. The van der Waals surface area contributed by atoms with Crippen LogP contribution >= 0.6 is 0 Å². The van der Waals surface area contributed by atoms with Crippen molar-refractivity contribution >= 4 is 5.97 Å². The van der Waals surface area contributed by atoms with Gasteiger partial charge in [0, 0.05) is 24.4 Å². The number of phenolic OH excluding ortho intramolecular Hbond substituents is 2. The summed E-state index contributed by atoms with van der Waals surface area (Å²) in [6.07, 6.45) is 6.03. The van der Waals surface area contributed by atoms with Gasteiger partial charge in [0.25, 0.3) is 0 Å². The summed E-state index contributed by atoms with van der Waals surface area (Å²) in [5.74, 6) is -2.41. The molecule has 0 radical (unpaired) electrons. The second-order valence-electron chi connectivity index (χ2n) is 6.55. The number of rotatable bonds is 4. The third kappa shape index (κ3) is 3.05. The quantitative estimate of drug-likeness (QED) is 0.631. The van der Waals surface area contributed by atoms with Crippen molar-refractivity contribution in [2.24, 2.45) is 0 Å². The standard InChI is InChI=1S/C18H19NO6/c20-13-4-3-11(7-14(13)21)18(5-1-2-6-18)10-19-8-12(17(24)25)16(23)15(22)9-19/h3-4,7-9,20-22H,1-2,5-6,10H2,(H,24,25). The van der Waals surface area contributed by atoms with Gasteiger partial charge in [-0.05, 0) is 30.5 Å². The zero-order chi connectivity index (χ0) is 18.2. The summed E-state index contributed by atoms with van der Waals surface area (Å²) in [5.41, 5.74) is -0.939. The van der Waals surface area contributed by atoms with E-state index in [1.54, 1.807) is 6.07 Å². The predicted molar refractivity (Wildman–Crippen MR) is 89.2 cm³/mol. The predicted octanol–water partition coefficient (Wildman–Crippen LogP) is 2.18. The zero-order valence-electron chi connectivity index (χ0n) is 13.5. The lowest BCUT2D eigenvalue weighted by Gasteiger charge is -2.31. The van der Waals surface area contributed by atoms with Gasteiger partial charge in [-0.25, -0.2) is 4.79 Å². The van der Waals surface area contributed by atoms with E-state index in [9.17, 15) is 24.9 Å². The molecule has 7 nitrogen and oxygen atoms in total. The summed E-state index contributed by atoms with van der Waals surface area (Å²) in [4.78, 5) is 22.9. The first-order chi connectivity index (χ1) is 11.8. The number of phenols is 2. The van der Waals surface area contributed by atoms with Crippen LogP contribution in [0.4, 0.5) is 0 Å². The molecular weight excluding hydrogens is 326 g/mol. The topological polar surface area (TPSA) is 120 Å². The third-order valence-corrected chi connectivity index (χ3v) is 4.92. The number of carboxylic acid groups (broad SMARTS) is 1. The number of carboxylic acids is 1. The normalized spacial score (nSPS) is 16.0. The number of aromatic carboxylic acids is 1. The van der Waals surface area contributed by atoms with Crippen LogP contribution in [-0.2, 0) is 12.0 Å². The molecule has 25 heavy (non-hydrogen) atoms. The van der Waals surface area contributed by atoms with Crippen LogP contribution in [0.25, 0.3) is 0 Å². The van der Waals surface area contributed by atoms with Gasteiger partial charge in [0.15, 0.2) is 17.2 Å². The maximum absolute atomic E-state index is 11.7. The fourth-order valence-corrected chi connectivity index (χ4v) is 3.65. The Kier molecular flexibility index (Phi) is 4.16. The number of aromatic hydroxyl groups is 3. The lowest BCUT2D eigenvalue weighted by molar-refractivity contribution is 0.0693. The highest BCUT2D eigenvalue weighted by atomic mass is 16.4. The Balaban J connectivity index is 2.05. The molecule has 1 fully saturated rings. The first kappa shape index (κ1) is 16.9. The first-order valence-corrected chi connectivity index (χ1v) is 8.01. The van der Waals surface area contributed by atoms with Crippen LogP contribution in [0.2, 0.25) is 0 Å². The van der Waals surface area contributed by atoms with E-state index in [4.69, 9.17) is 5.11 Å². The molecule has 3 rings (SSSR count). The van der Waals surface area contributed by atoms with Crippen LogP contribution in [0.1, 0.15) is 41.6 Å². The summed E-state index contributed by atoms with van der Waals surface area (Å²) < 4.78 is 1.51. The smallest absolute Gasteiger partial charge is 0.341 e. The summed E-state index contributed by atoms with van der Waals surface area (Å²) in [5, 5.41) is 38.3. The Morgan fingerprint density at radius 1 is 1.04 bits per heavy atom. The van der Waals surface area contributed by atoms with Crippen LogP contribution in [0, 0.1) is 0 Å². The molecular formula is C18H19NO6. The van der Waals surface area contributed by atoms with Crippen molar-refractivity contribution in [3.05, 3.63) is 51.9 Å². The molecule has 0 atom stereocenters. The molecule has 0 aliphatic heterocycles. The minimum Gasteiger partial charge on any atom is -0.504 e. The highest BCUT2D eigenvalue weighted by Crippen LogP contribution is 2.44. The van der Waals surface area contributed by atoms with Crippen LogP contribution in [0.15, 0.2) is 35.4 Å². The molecule has 7 heteroatoms. The van der Waals surface area contributed by atoms with E-state index < -0.39 is 22.7 Å². The minimum atomic E-state index is -1.39. The summed E-state index contributed by atoms with van der Waals surface area (Å²) in [7, 11) is 0. The number of hydrogen-bond donors (Lipinski definition) is 4.